The first-order valence-electron chi connectivity index (χ1n) is 11.6. The molecule has 4 unspecified atom stereocenters. The Morgan fingerprint density at radius 3 is 2.70 bits per heavy atom. The Bertz CT molecular complexity index is 964. The van der Waals surface area contributed by atoms with Gasteiger partial charge in [0.25, 0.3) is 0 Å². The molecule has 0 saturated carbocycles. The van der Waals surface area contributed by atoms with Crippen LogP contribution in [-0.2, 0) is 0 Å². The first-order valence-corrected chi connectivity index (χ1v) is 11.6. The summed E-state index contributed by atoms with van der Waals surface area (Å²) in [7, 11) is 0. The van der Waals surface area contributed by atoms with E-state index in [4.69, 9.17) is 0 Å². The number of unbranched alkanes of at least 4 members (excludes halogenated alkanes) is 2. The number of carbonyl (C=O) groups is 1. The van der Waals surface area contributed by atoms with Crippen LogP contribution in [0.1, 0.15) is 90.4 Å². The standard InChI is InChI=1S/C27H31NO2/c1-2-3-5-9-18-14-15-28-25(19-10-6-4-7-11-19)22-13-8-12-21(22)24-17-20(27(29)30)16-23(18)26(24)28/h4,6-8,10-12,16-18,21-22,25H,2-3,5,9,13-15H2,1H3,(H,29,30). The van der Waals surface area contributed by atoms with Gasteiger partial charge < -0.3 is 10.0 Å². The van der Waals surface area contributed by atoms with Crippen LogP contribution in [0, 0.1) is 5.92 Å². The van der Waals surface area contributed by atoms with Crippen molar-refractivity contribution in [2.24, 2.45) is 5.92 Å². The second-order valence-corrected chi connectivity index (χ2v) is 9.19. The maximum absolute atomic E-state index is 12.0. The third-order valence-corrected chi connectivity index (χ3v) is 7.47. The van der Waals surface area contributed by atoms with Gasteiger partial charge in [0, 0.05) is 18.2 Å². The molecule has 5 rings (SSSR count). The Morgan fingerprint density at radius 2 is 1.93 bits per heavy atom. The van der Waals surface area contributed by atoms with Gasteiger partial charge in [0.15, 0.2) is 0 Å². The maximum atomic E-state index is 12.0. The lowest BCUT2D eigenvalue weighted by atomic mass is 9.71. The van der Waals surface area contributed by atoms with Crippen LogP contribution in [0.4, 0.5) is 5.69 Å². The summed E-state index contributed by atoms with van der Waals surface area (Å²) in [6, 6.07) is 15.2. The van der Waals surface area contributed by atoms with Gasteiger partial charge in [0.05, 0.1) is 11.6 Å². The summed E-state index contributed by atoms with van der Waals surface area (Å²) in [4.78, 5) is 14.6. The van der Waals surface area contributed by atoms with E-state index in [1.807, 2.05) is 12.1 Å². The summed E-state index contributed by atoms with van der Waals surface area (Å²) in [6.07, 6.45) is 11.7. The van der Waals surface area contributed by atoms with Crippen molar-refractivity contribution in [3.63, 3.8) is 0 Å². The molecule has 1 aliphatic carbocycles. The molecule has 0 saturated heterocycles. The number of anilines is 1. The number of hydrogen-bond acceptors (Lipinski definition) is 2. The lowest BCUT2D eigenvalue weighted by Gasteiger charge is -2.50. The lowest BCUT2D eigenvalue weighted by Crippen LogP contribution is -2.43. The van der Waals surface area contributed by atoms with Gasteiger partial charge in [-0.1, -0.05) is 68.7 Å². The summed E-state index contributed by atoms with van der Waals surface area (Å²) in [5.74, 6) is 0.462. The molecular formula is C27H31NO2. The van der Waals surface area contributed by atoms with E-state index in [-0.39, 0.29) is 0 Å². The van der Waals surface area contributed by atoms with Crippen molar-refractivity contribution < 1.29 is 9.90 Å². The van der Waals surface area contributed by atoms with E-state index < -0.39 is 5.97 Å². The van der Waals surface area contributed by atoms with E-state index in [9.17, 15) is 9.90 Å². The van der Waals surface area contributed by atoms with Crippen molar-refractivity contribution in [2.75, 3.05) is 11.4 Å². The fraction of sp³-hybridized carbons (Fsp3) is 0.444. The Morgan fingerprint density at radius 1 is 1.13 bits per heavy atom. The summed E-state index contributed by atoms with van der Waals surface area (Å²) in [5, 5.41) is 9.83. The molecular weight excluding hydrogens is 370 g/mol. The highest BCUT2D eigenvalue weighted by Crippen LogP contribution is 2.57. The number of carboxylic acid groups (broad SMARTS) is 1. The topological polar surface area (TPSA) is 40.5 Å². The summed E-state index contributed by atoms with van der Waals surface area (Å²) >= 11 is 0. The maximum Gasteiger partial charge on any atom is 0.335 e. The largest absolute Gasteiger partial charge is 0.478 e. The molecule has 0 amide bonds. The molecule has 2 aromatic rings. The molecule has 3 nitrogen and oxygen atoms in total. The fourth-order valence-electron chi connectivity index (χ4n) is 6.12. The molecule has 2 heterocycles. The van der Waals surface area contributed by atoms with Crippen LogP contribution in [-0.4, -0.2) is 17.6 Å². The number of aromatic carboxylic acids is 1. The SMILES string of the molecule is CCCCCC1CCN2c3c1cc(C(=O)O)cc3C1C=CCC1C2c1ccccc1. The Kier molecular flexibility index (Phi) is 5.14. The lowest BCUT2D eigenvalue weighted by molar-refractivity contribution is 0.0696. The normalized spacial score (nSPS) is 26.4. The molecule has 2 aliphatic heterocycles. The van der Waals surface area contributed by atoms with Crippen LogP contribution in [0.5, 0.6) is 0 Å². The van der Waals surface area contributed by atoms with Crippen molar-refractivity contribution in [3.8, 4) is 0 Å². The van der Waals surface area contributed by atoms with Gasteiger partial charge in [-0.05, 0) is 59.9 Å². The number of carboxylic acids is 1. The van der Waals surface area contributed by atoms with Crippen molar-refractivity contribution in [2.45, 2.75) is 63.3 Å². The van der Waals surface area contributed by atoms with Crippen molar-refractivity contribution in [3.05, 3.63) is 76.9 Å². The van der Waals surface area contributed by atoms with E-state index >= 15 is 0 Å². The number of benzene rings is 2. The van der Waals surface area contributed by atoms with E-state index in [2.05, 4.69) is 54.3 Å². The Labute approximate surface area is 179 Å². The molecule has 0 radical (unpaired) electrons. The number of hydrogen-bond donors (Lipinski definition) is 1. The molecule has 0 spiro atoms. The average molecular weight is 402 g/mol. The van der Waals surface area contributed by atoms with Crippen molar-refractivity contribution in [1.82, 2.24) is 0 Å². The van der Waals surface area contributed by atoms with E-state index in [0.717, 1.165) is 25.8 Å². The minimum absolute atomic E-state index is 0.314. The van der Waals surface area contributed by atoms with Gasteiger partial charge in [-0.3, -0.25) is 0 Å². The summed E-state index contributed by atoms with van der Waals surface area (Å²) in [5.41, 5.74) is 5.72. The highest BCUT2D eigenvalue weighted by atomic mass is 16.4. The van der Waals surface area contributed by atoms with Gasteiger partial charge in [-0.2, -0.15) is 0 Å². The fourth-order valence-corrected chi connectivity index (χ4v) is 6.12. The van der Waals surface area contributed by atoms with E-state index in [1.165, 1.54) is 41.6 Å². The minimum atomic E-state index is -0.804. The van der Waals surface area contributed by atoms with Crippen LogP contribution >= 0.6 is 0 Å². The predicted molar refractivity (Wildman–Crippen MR) is 121 cm³/mol. The molecule has 4 atom stereocenters. The minimum Gasteiger partial charge on any atom is -0.478 e. The zero-order valence-corrected chi connectivity index (χ0v) is 17.8. The molecule has 30 heavy (non-hydrogen) atoms. The Balaban J connectivity index is 1.65. The van der Waals surface area contributed by atoms with Gasteiger partial charge >= 0.3 is 5.97 Å². The summed E-state index contributed by atoms with van der Waals surface area (Å²) < 4.78 is 0. The number of nitrogens with zero attached hydrogens (tertiary/aromatic N) is 1. The van der Waals surface area contributed by atoms with Crippen LogP contribution in [0.15, 0.2) is 54.6 Å². The molecule has 0 bridgehead atoms. The highest BCUT2D eigenvalue weighted by Gasteiger charge is 2.45. The molecule has 2 aromatic carbocycles. The molecule has 0 aromatic heterocycles. The first-order chi connectivity index (χ1) is 14.7. The highest BCUT2D eigenvalue weighted by molar-refractivity contribution is 5.90. The number of fused-ring (bicyclic) bond motifs is 2. The van der Waals surface area contributed by atoms with Crippen molar-refractivity contribution in [1.29, 1.82) is 0 Å². The zero-order valence-electron chi connectivity index (χ0n) is 17.8. The van der Waals surface area contributed by atoms with Crippen LogP contribution in [0.25, 0.3) is 0 Å². The average Bonchev–Trinajstić information content (AvgIpc) is 3.25. The van der Waals surface area contributed by atoms with Crippen LogP contribution in [0.3, 0.4) is 0 Å². The smallest absolute Gasteiger partial charge is 0.335 e. The molecule has 3 aliphatic rings. The Hall–Kier alpha value is -2.55. The summed E-state index contributed by atoms with van der Waals surface area (Å²) in [6.45, 7) is 3.30. The third-order valence-electron chi connectivity index (χ3n) is 7.47. The van der Waals surface area contributed by atoms with Gasteiger partial charge in [-0.15, -0.1) is 0 Å². The molecule has 3 heteroatoms. The van der Waals surface area contributed by atoms with E-state index in [1.54, 1.807) is 0 Å². The van der Waals surface area contributed by atoms with Gasteiger partial charge in [0.2, 0.25) is 0 Å². The first kappa shape index (κ1) is 19.4. The molecule has 1 N–H and O–H groups in total. The second kappa shape index (κ2) is 7.94. The van der Waals surface area contributed by atoms with Crippen molar-refractivity contribution >= 4 is 11.7 Å². The molecule has 156 valence electrons. The van der Waals surface area contributed by atoms with Crippen LogP contribution in [0.2, 0.25) is 0 Å². The van der Waals surface area contributed by atoms with E-state index in [0.29, 0.717) is 29.4 Å². The van der Waals surface area contributed by atoms with Crippen LogP contribution < -0.4 is 4.90 Å². The van der Waals surface area contributed by atoms with Gasteiger partial charge in [-0.25, -0.2) is 4.79 Å². The third kappa shape index (κ3) is 3.15. The number of rotatable bonds is 6. The predicted octanol–water partition coefficient (Wildman–Crippen LogP) is 6.67. The number of allylic oxidation sites excluding steroid dienone is 2. The zero-order chi connectivity index (χ0) is 20.7. The van der Waals surface area contributed by atoms with Gasteiger partial charge in [0.1, 0.15) is 0 Å². The second-order valence-electron chi connectivity index (χ2n) is 9.19. The quantitative estimate of drug-likeness (QED) is 0.434. The monoisotopic (exact) mass is 401 g/mol. The molecule has 0 fully saturated rings.